The van der Waals surface area contributed by atoms with Crippen LogP contribution in [0.15, 0.2) is 17.2 Å². The van der Waals surface area contributed by atoms with Crippen molar-refractivity contribution in [3.8, 4) is 0 Å². The van der Waals surface area contributed by atoms with Gasteiger partial charge in [-0.3, -0.25) is 0 Å². The standard InChI is InChI=1S/C13H20N2S/c1-9-6-10(2)15-13(7-9)16-12-5-3-4-11(12)8-14/h6-7,11-12H,3-5,8,14H2,1-2H3. The number of aryl methyl sites for hydroxylation is 2. The third-order valence-electron chi connectivity index (χ3n) is 3.24. The first-order chi connectivity index (χ1) is 7.69. The molecule has 2 unspecified atom stereocenters. The Balaban J connectivity index is 2.08. The minimum absolute atomic E-state index is 0.679. The molecule has 0 spiro atoms. The van der Waals surface area contributed by atoms with Gasteiger partial charge >= 0.3 is 0 Å². The summed E-state index contributed by atoms with van der Waals surface area (Å²) in [6, 6.07) is 4.31. The van der Waals surface area contributed by atoms with E-state index in [0.29, 0.717) is 11.2 Å². The number of hydrogen-bond acceptors (Lipinski definition) is 3. The lowest BCUT2D eigenvalue weighted by molar-refractivity contribution is 0.573. The van der Waals surface area contributed by atoms with Crippen LogP contribution in [0, 0.1) is 19.8 Å². The molecule has 2 nitrogen and oxygen atoms in total. The van der Waals surface area contributed by atoms with E-state index in [0.717, 1.165) is 12.2 Å². The molecule has 1 aliphatic rings. The van der Waals surface area contributed by atoms with Gasteiger partial charge in [-0.15, -0.1) is 11.8 Å². The number of hydrogen-bond donors (Lipinski definition) is 1. The number of nitrogens with zero attached hydrogens (tertiary/aromatic N) is 1. The highest BCUT2D eigenvalue weighted by Crippen LogP contribution is 2.37. The smallest absolute Gasteiger partial charge is 0.0968 e. The third kappa shape index (κ3) is 2.77. The van der Waals surface area contributed by atoms with Crippen LogP contribution in [0.3, 0.4) is 0 Å². The van der Waals surface area contributed by atoms with Crippen molar-refractivity contribution >= 4 is 11.8 Å². The summed E-state index contributed by atoms with van der Waals surface area (Å²) in [7, 11) is 0. The summed E-state index contributed by atoms with van der Waals surface area (Å²) in [5.74, 6) is 0.688. The van der Waals surface area contributed by atoms with E-state index in [4.69, 9.17) is 5.73 Å². The predicted molar refractivity (Wildman–Crippen MR) is 69.8 cm³/mol. The van der Waals surface area contributed by atoms with E-state index in [1.807, 2.05) is 11.8 Å². The fourth-order valence-electron chi connectivity index (χ4n) is 2.45. The van der Waals surface area contributed by atoms with E-state index in [1.54, 1.807) is 0 Å². The molecule has 1 fully saturated rings. The van der Waals surface area contributed by atoms with E-state index in [-0.39, 0.29) is 0 Å². The van der Waals surface area contributed by atoms with E-state index in [1.165, 1.54) is 29.9 Å². The lowest BCUT2D eigenvalue weighted by atomic mass is 10.1. The number of pyridine rings is 1. The largest absolute Gasteiger partial charge is 0.330 e. The Morgan fingerprint density at radius 3 is 2.88 bits per heavy atom. The maximum absolute atomic E-state index is 5.80. The third-order valence-corrected chi connectivity index (χ3v) is 4.61. The fourth-order valence-corrected chi connectivity index (χ4v) is 3.93. The highest BCUT2D eigenvalue weighted by Gasteiger charge is 2.27. The molecule has 16 heavy (non-hydrogen) atoms. The van der Waals surface area contributed by atoms with Crippen LogP contribution < -0.4 is 5.73 Å². The summed E-state index contributed by atoms with van der Waals surface area (Å²) in [4.78, 5) is 4.59. The molecule has 2 N–H and O–H groups in total. The second-order valence-corrected chi connectivity index (χ2v) is 5.97. The van der Waals surface area contributed by atoms with Crippen molar-refractivity contribution in [2.24, 2.45) is 11.7 Å². The molecule has 1 aromatic rings. The van der Waals surface area contributed by atoms with Crippen molar-refractivity contribution in [1.29, 1.82) is 0 Å². The van der Waals surface area contributed by atoms with Gasteiger partial charge in [0, 0.05) is 10.9 Å². The first-order valence-electron chi connectivity index (χ1n) is 6.01. The number of nitrogens with two attached hydrogens (primary N) is 1. The molecule has 88 valence electrons. The highest BCUT2D eigenvalue weighted by atomic mass is 32.2. The first-order valence-corrected chi connectivity index (χ1v) is 6.89. The molecule has 2 rings (SSSR count). The van der Waals surface area contributed by atoms with Crippen LogP contribution in [0.4, 0.5) is 0 Å². The van der Waals surface area contributed by atoms with Crippen molar-refractivity contribution in [1.82, 2.24) is 4.98 Å². The maximum Gasteiger partial charge on any atom is 0.0968 e. The Morgan fingerprint density at radius 2 is 2.19 bits per heavy atom. The Hall–Kier alpha value is -0.540. The van der Waals surface area contributed by atoms with Crippen molar-refractivity contribution in [3.63, 3.8) is 0 Å². The molecule has 0 radical (unpaired) electrons. The van der Waals surface area contributed by atoms with Crippen LogP contribution in [0.1, 0.15) is 30.5 Å². The van der Waals surface area contributed by atoms with Gasteiger partial charge in [0.05, 0.1) is 5.03 Å². The first kappa shape index (κ1) is 11.9. The van der Waals surface area contributed by atoms with Crippen LogP contribution in [0.25, 0.3) is 0 Å². The maximum atomic E-state index is 5.80. The lowest BCUT2D eigenvalue weighted by Crippen LogP contribution is -2.20. The van der Waals surface area contributed by atoms with E-state index in [9.17, 15) is 0 Å². The van der Waals surface area contributed by atoms with Crippen molar-refractivity contribution in [3.05, 3.63) is 23.4 Å². The second-order valence-electron chi connectivity index (χ2n) is 4.71. The zero-order chi connectivity index (χ0) is 11.5. The fraction of sp³-hybridized carbons (Fsp3) is 0.615. The minimum Gasteiger partial charge on any atom is -0.330 e. The monoisotopic (exact) mass is 236 g/mol. The van der Waals surface area contributed by atoms with Crippen molar-refractivity contribution in [2.45, 2.75) is 43.4 Å². The van der Waals surface area contributed by atoms with Crippen LogP contribution >= 0.6 is 11.8 Å². The molecule has 1 aliphatic carbocycles. The minimum atomic E-state index is 0.679. The molecule has 3 heteroatoms. The molecule has 0 bridgehead atoms. The zero-order valence-electron chi connectivity index (χ0n) is 10.1. The molecule has 1 aromatic heterocycles. The van der Waals surface area contributed by atoms with E-state index >= 15 is 0 Å². The van der Waals surface area contributed by atoms with Gasteiger partial charge < -0.3 is 5.73 Å². The SMILES string of the molecule is Cc1cc(C)nc(SC2CCCC2CN)c1. The van der Waals surface area contributed by atoms with Gasteiger partial charge in [0.15, 0.2) is 0 Å². The van der Waals surface area contributed by atoms with Gasteiger partial charge in [-0.25, -0.2) is 4.98 Å². The topological polar surface area (TPSA) is 38.9 Å². The highest BCUT2D eigenvalue weighted by molar-refractivity contribution is 7.99. The van der Waals surface area contributed by atoms with Crippen molar-refractivity contribution < 1.29 is 0 Å². The number of thioether (sulfide) groups is 1. The molecule has 0 saturated heterocycles. The Kier molecular flexibility index (Phi) is 3.87. The normalized spacial score (nSPS) is 24.9. The summed E-state index contributed by atoms with van der Waals surface area (Å²) >= 11 is 1.92. The summed E-state index contributed by atoms with van der Waals surface area (Å²) in [5.41, 5.74) is 8.22. The van der Waals surface area contributed by atoms with Crippen LogP contribution in [0.5, 0.6) is 0 Å². The molecular weight excluding hydrogens is 216 g/mol. The predicted octanol–water partition coefficient (Wildman–Crippen LogP) is 2.92. The van der Waals surface area contributed by atoms with Gasteiger partial charge in [0.1, 0.15) is 0 Å². The van der Waals surface area contributed by atoms with Crippen LogP contribution in [-0.4, -0.2) is 16.8 Å². The molecular formula is C13H20N2S. The molecule has 1 heterocycles. The van der Waals surface area contributed by atoms with Crippen molar-refractivity contribution in [2.75, 3.05) is 6.54 Å². The number of aromatic nitrogens is 1. The summed E-state index contributed by atoms with van der Waals surface area (Å²) in [6.45, 7) is 5.02. The Bertz CT molecular complexity index is 345. The van der Waals surface area contributed by atoms with Crippen LogP contribution in [-0.2, 0) is 0 Å². The Labute approximate surface area is 102 Å². The zero-order valence-corrected chi connectivity index (χ0v) is 10.9. The summed E-state index contributed by atoms with van der Waals surface area (Å²) in [6.07, 6.45) is 3.91. The van der Waals surface area contributed by atoms with Gasteiger partial charge in [-0.05, 0) is 56.8 Å². The van der Waals surface area contributed by atoms with E-state index < -0.39 is 0 Å². The second kappa shape index (κ2) is 5.19. The lowest BCUT2D eigenvalue weighted by Gasteiger charge is -2.17. The quantitative estimate of drug-likeness (QED) is 0.877. The van der Waals surface area contributed by atoms with Gasteiger partial charge in [0.25, 0.3) is 0 Å². The summed E-state index contributed by atoms with van der Waals surface area (Å²) < 4.78 is 0. The molecule has 0 amide bonds. The Morgan fingerprint density at radius 1 is 1.38 bits per heavy atom. The average molecular weight is 236 g/mol. The molecule has 2 atom stereocenters. The molecule has 0 aliphatic heterocycles. The average Bonchev–Trinajstić information content (AvgIpc) is 2.63. The van der Waals surface area contributed by atoms with Gasteiger partial charge in [-0.1, -0.05) is 6.42 Å². The van der Waals surface area contributed by atoms with E-state index in [2.05, 4.69) is 31.0 Å². The summed E-state index contributed by atoms with van der Waals surface area (Å²) in [5, 5.41) is 1.85. The number of rotatable bonds is 3. The molecule has 0 aromatic carbocycles. The van der Waals surface area contributed by atoms with Crippen LogP contribution in [0.2, 0.25) is 0 Å². The molecule has 1 saturated carbocycles. The van der Waals surface area contributed by atoms with Gasteiger partial charge in [0.2, 0.25) is 0 Å². The van der Waals surface area contributed by atoms with Gasteiger partial charge in [-0.2, -0.15) is 0 Å².